The number of hydrogen-bond acceptors (Lipinski definition) is 7. The van der Waals surface area contributed by atoms with E-state index in [1.807, 2.05) is 0 Å². The summed E-state index contributed by atoms with van der Waals surface area (Å²) in [5.74, 6) is -1.56. The number of aliphatic hydroxyl groups excluding tert-OH is 1. The number of Topliss-reactive ketones (excluding diaryl/α,β-unsaturated/α-hetero) is 1. The smallest absolute Gasteiger partial charge is 0.337 e. The Balaban J connectivity index is 2.43. The fourth-order valence-electron chi connectivity index (χ4n) is 2.42. The fraction of sp³-hybridized carbons (Fsp3) is 0.312. The second-order valence-corrected chi connectivity index (χ2v) is 5.21. The molecule has 1 heterocycles. The molecule has 2 rings (SSSR count). The van der Waals surface area contributed by atoms with Crippen molar-refractivity contribution in [2.45, 2.75) is 6.92 Å². The molecule has 1 aliphatic rings. The number of esters is 1. The maximum atomic E-state index is 12.4. The predicted molar refractivity (Wildman–Crippen MR) is 84.4 cm³/mol. The lowest BCUT2D eigenvalue weighted by molar-refractivity contribution is -0.136. The van der Waals surface area contributed by atoms with Gasteiger partial charge in [0.15, 0.2) is 5.78 Å². The summed E-state index contributed by atoms with van der Waals surface area (Å²) in [6.07, 6.45) is 0. The maximum Gasteiger partial charge on any atom is 0.337 e. The first-order chi connectivity index (χ1) is 11.4. The van der Waals surface area contributed by atoms with Crippen LogP contribution < -0.4 is 5.32 Å². The molecule has 128 valence electrons. The summed E-state index contributed by atoms with van der Waals surface area (Å²) >= 11 is 0. The SMILES string of the molecule is COC(=O)C1=C(Nc2ccc(O)cc2C(C)=O)C(=O)N(CCO)C1. The number of phenols is 1. The summed E-state index contributed by atoms with van der Waals surface area (Å²) in [4.78, 5) is 37.4. The van der Waals surface area contributed by atoms with Gasteiger partial charge in [-0.3, -0.25) is 9.59 Å². The minimum absolute atomic E-state index is 0.00187. The Hall–Kier alpha value is -2.87. The number of aliphatic hydroxyl groups is 1. The molecular weight excluding hydrogens is 316 g/mol. The molecular formula is C16H18N2O6. The summed E-state index contributed by atoms with van der Waals surface area (Å²) in [6.45, 7) is 1.15. The van der Waals surface area contributed by atoms with Gasteiger partial charge in [-0.05, 0) is 25.1 Å². The first-order valence-corrected chi connectivity index (χ1v) is 7.21. The number of phenolic OH excluding ortho intramolecular Hbond substituents is 1. The van der Waals surface area contributed by atoms with Gasteiger partial charge in [-0.25, -0.2) is 4.79 Å². The molecule has 0 unspecified atom stereocenters. The van der Waals surface area contributed by atoms with E-state index in [9.17, 15) is 19.5 Å². The number of nitrogens with one attached hydrogen (secondary N) is 1. The number of aromatic hydroxyl groups is 1. The van der Waals surface area contributed by atoms with Crippen molar-refractivity contribution in [1.29, 1.82) is 0 Å². The van der Waals surface area contributed by atoms with Gasteiger partial charge in [0, 0.05) is 17.8 Å². The topological polar surface area (TPSA) is 116 Å². The highest BCUT2D eigenvalue weighted by Crippen LogP contribution is 2.27. The molecule has 24 heavy (non-hydrogen) atoms. The van der Waals surface area contributed by atoms with Gasteiger partial charge >= 0.3 is 5.97 Å². The van der Waals surface area contributed by atoms with Crippen LogP contribution >= 0.6 is 0 Å². The minimum atomic E-state index is -0.672. The molecule has 0 atom stereocenters. The number of ether oxygens (including phenoxy) is 1. The largest absolute Gasteiger partial charge is 0.508 e. The summed E-state index contributed by atoms with van der Waals surface area (Å²) in [5, 5.41) is 21.3. The second-order valence-electron chi connectivity index (χ2n) is 5.21. The van der Waals surface area contributed by atoms with Crippen molar-refractivity contribution in [2.75, 3.05) is 32.1 Å². The number of nitrogens with zero attached hydrogens (tertiary/aromatic N) is 1. The lowest BCUT2D eigenvalue weighted by Crippen LogP contribution is -2.31. The average Bonchev–Trinajstić information content (AvgIpc) is 2.85. The van der Waals surface area contributed by atoms with Crippen LogP contribution in [0.5, 0.6) is 5.75 Å². The quantitative estimate of drug-likeness (QED) is 0.388. The third-order valence-electron chi connectivity index (χ3n) is 3.60. The van der Waals surface area contributed by atoms with Crippen molar-refractivity contribution in [3.63, 3.8) is 0 Å². The van der Waals surface area contributed by atoms with E-state index in [0.29, 0.717) is 0 Å². The Morgan fingerprint density at radius 1 is 1.38 bits per heavy atom. The summed E-state index contributed by atoms with van der Waals surface area (Å²) < 4.78 is 4.69. The maximum absolute atomic E-state index is 12.4. The van der Waals surface area contributed by atoms with E-state index in [0.717, 1.165) is 0 Å². The number of benzene rings is 1. The predicted octanol–water partition coefficient (Wildman–Crippen LogP) is 0.268. The van der Waals surface area contributed by atoms with Gasteiger partial charge < -0.3 is 25.2 Å². The molecule has 1 aromatic carbocycles. The molecule has 0 saturated heterocycles. The van der Waals surface area contributed by atoms with Crippen LogP contribution in [0.4, 0.5) is 5.69 Å². The van der Waals surface area contributed by atoms with Crippen LogP contribution in [0.15, 0.2) is 29.5 Å². The molecule has 0 fully saturated rings. The van der Waals surface area contributed by atoms with E-state index in [1.165, 1.54) is 37.1 Å². The molecule has 0 bridgehead atoms. The Kier molecular flexibility index (Phi) is 5.20. The van der Waals surface area contributed by atoms with E-state index in [2.05, 4.69) is 10.1 Å². The highest BCUT2D eigenvalue weighted by molar-refractivity contribution is 6.10. The first-order valence-electron chi connectivity index (χ1n) is 7.21. The molecule has 0 radical (unpaired) electrons. The van der Waals surface area contributed by atoms with Crippen LogP contribution in [0.25, 0.3) is 0 Å². The third kappa shape index (κ3) is 3.38. The van der Waals surface area contributed by atoms with Crippen molar-refractivity contribution in [3.8, 4) is 5.75 Å². The number of β-amino-alcohol motifs (C(OH)–C–C–N with tert-alkyl or cyclic N) is 1. The van der Waals surface area contributed by atoms with Crippen molar-refractivity contribution in [1.82, 2.24) is 4.90 Å². The lowest BCUT2D eigenvalue weighted by atomic mass is 10.1. The molecule has 0 saturated carbocycles. The highest BCUT2D eigenvalue weighted by atomic mass is 16.5. The molecule has 1 aromatic rings. The number of hydrogen-bond donors (Lipinski definition) is 3. The van der Waals surface area contributed by atoms with Crippen LogP contribution in [0.3, 0.4) is 0 Å². The average molecular weight is 334 g/mol. The molecule has 0 spiro atoms. The van der Waals surface area contributed by atoms with Crippen molar-refractivity contribution >= 4 is 23.3 Å². The van der Waals surface area contributed by atoms with Crippen molar-refractivity contribution < 1.29 is 29.3 Å². The molecule has 3 N–H and O–H groups in total. The number of rotatable bonds is 6. The van der Waals surface area contributed by atoms with E-state index in [1.54, 1.807) is 0 Å². The van der Waals surface area contributed by atoms with Gasteiger partial charge in [0.2, 0.25) is 0 Å². The zero-order valence-electron chi connectivity index (χ0n) is 13.3. The zero-order valence-corrected chi connectivity index (χ0v) is 13.3. The lowest BCUT2D eigenvalue weighted by Gasteiger charge is -2.15. The standard InChI is InChI=1S/C16H18N2O6/c1-9(20)11-7-10(21)3-4-13(11)17-14-12(16(23)24-2)8-18(5-6-19)15(14)22/h3-4,7,17,19,21H,5-6,8H2,1-2H3. The monoisotopic (exact) mass is 334 g/mol. The van der Waals surface area contributed by atoms with Crippen molar-refractivity contribution in [3.05, 3.63) is 35.0 Å². The van der Waals surface area contributed by atoms with E-state index < -0.39 is 11.9 Å². The van der Waals surface area contributed by atoms with Gasteiger partial charge in [-0.2, -0.15) is 0 Å². The van der Waals surface area contributed by atoms with E-state index in [-0.39, 0.29) is 53.8 Å². The number of methoxy groups -OCH3 is 1. The molecule has 1 aliphatic heterocycles. The Morgan fingerprint density at radius 3 is 2.67 bits per heavy atom. The number of amides is 1. The highest BCUT2D eigenvalue weighted by Gasteiger charge is 2.34. The summed E-state index contributed by atoms with van der Waals surface area (Å²) in [6, 6.07) is 4.07. The van der Waals surface area contributed by atoms with Gasteiger partial charge in [0.25, 0.3) is 5.91 Å². The first kappa shape index (κ1) is 17.5. The molecule has 8 heteroatoms. The number of carbonyl (C=O) groups is 3. The Labute approximate surface area is 138 Å². The van der Waals surface area contributed by atoms with Gasteiger partial charge in [-0.1, -0.05) is 0 Å². The summed E-state index contributed by atoms with van der Waals surface area (Å²) in [7, 11) is 1.20. The van der Waals surface area contributed by atoms with Gasteiger partial charge in [0.05, 0.1) is 25.8 Å². The van der Waals surface area contributed by atoms with Gasteiger partial charge in [0.1, 0.15) is 11.4 Å². The number of ketones is 1. The zero-order chi connectivity index (χ0) is 17.9. The number of anilines is 1. The van der Waals surface area contributed by atoms with Crippen LogP contribution in [0.2, 0.25) is 0 Å². The van der Waals surface area contributed by atoms with E-state index >= 15 is 0 Å². The second kappa shape index (κ2) is 7.14. The van der Waals surface area contributed by atoms with Crippen LogP contribution in [0.1, 0.15) is 17.3 Å². The summed E-state index contributed by atoms with van der Waals surface area (Å²) in [5.41, 5.74) is 0.568. The molecule has 1 amide bonds. The van der Waals surface area contributed by atoms with Crippen LogP contribution in [-0.4, -0.2) is 59.6 Å². The normalized spacial score (nSPS) is 14.1. The van der Waals surface area contributed by atoms with E-state index in [4.69, 9.17) is 5.11 Å². The van der Waals surface area contributed by atoms with Crippen molar-refractivity contribution in [2.24, 2.45) is 0 Å². The van der Waals surface area contributed by atoms with Gasteiger partial charge in [-0.15, -0.1) is 0 Å². The molecule has 0 aliphatic carbocycles. The van der Waals surface area contributed by atoms with Crippen LogP contribution in [-0.2, 0) is 14.3 Å². The number of carbonyl (C=O) groups excluding carboxylic acids is 3. The Bertz CT molecular complexity index is 725. The van der Waals surface area contributed by atoms with Crippen LogP contribution in [0, 0.1) is 0 Å². The Morgan fingerprint density at radius 2 is 2.08 bits per heavy atom. The minimum Gasteiger partial charge on any atom is -0.508 e. The molecule has 8 nitrogen and oxygen atoms in total. The third-order valence-corrected chi connectivity index (χ3v) is 3.60. The fourth-order valence-corrected chi connectivity index (χ4v) is 2.42. The molecule has 0 aromatic heterocycles.